The molecule has 2 atom stereocenters. The number of amides is 1. The van der Waals surface area contributed by atoms with Crippen LogP contribution in [0, 0.1) is 5.41 Å². The minimum Gasteiger partial charge on any atom is -0.326 e. The van der Waals surface area contributed by atoms with Crippen LogP contribution in [-0.2, 0) is 4.79 Å². The molecule has 1 rings (SSSR count). The molecule has 82 valence electrons. The Bertz CT molecular complexity index is 220. The standard InChI is InChI=1S/C11H22N2O/c1-6-9-10(14)13(8(2)12-9)7-11(3,4)5/h8-9,12H,6-7H2,1-5H3. The van der Waals surface area contributed by atoms with Gasteiger partial charge in [-0.15, -0.1) is 0 Å². The van der Waals surface area contributed by atoms with Crippen LogP contribution >= 0.6 is 0 Å². The van der Waals surface area contributed by atoms with Gasteiger partial charge >= 0.3 is 0 Å². The molecular weight excluding hydrogens is 176 g/mol. The third-order valence-corrected chi connectivity index (χ3v) is 2.54. The molecule has 14 heavy (non-hydrogen) atoms. The summed E-state index contributed by atoms with van der Waals surface area (Å²) in [6.07, 6.45) is 1.07. The summed E-state index contributed by atoms with van der Waals surface area (Å²) in [6, 6.07) is 0.0346. The first-order chi connectivity index (χ1) is 6.35. The highest BCUT2D eigenvalue weighted by Crippen LogP contribution is 2.21. The van der Waals surface area contributed by atoms with Gasteiger partial charge in [-0.2, -0.15) is 0 Å². The summed E-state index contributed by atoms with van der Waals surface area (Å²) in [6.45, 7) is 11.4. The molecule has 0 radical (unpaired) electrons. The van der Waals surface area contributed by atoms with Gasteiger partial charge in [0.2, 0.25) is 5.91 Å². The molecule has 0 aromatic rings. The van der Waals surface area contributed by atoms with E-state index in [1.54, 1.807) is 0 Å². The fraction of sp³-hybridized carbons (Fsp3) is 0.909. The van der Waals surface area contributed by atoms with Gasteiger partial charge in [-0.3, -0.25) is 10.1 Å². The highest BCUT2D eigenvalue weighted by atomic mass is 16.2. The van der Waals surface area contributed by atoms with E-state index in [0.29, 0.717) is 0 Å². The lowest BCUT2D eigenvalue weighted by molar-refractivity contribution is -0.131. The van der Waals surface area contributed by atoms with Gasteiger partial charge in [0.15, 0.2) is 0 Å². The summed E-state index contributed by atoms with van der Waals surface area (Å²) in [7, 11) is 0. The number of rotatable bonds is 2. The average Bonchev–Trinajstić information content (AvgIpc) is 2.29. The maximum absolute atomic E-state index is 11.9. The largest absolute Gasteiger partial charge is 0.326 e. The predicted octanol–water partition coefficient (Wildman–Crippen LogP) is 1.59. The van der Waals surface area contributed by atoms with Crippen LogP contribution in [0.4, 0.5) is 0 Å². The Hall–Kier alpha value is -0.570. The van der Waals surface area contributed by atoms with Crippen molar-refractivity contribution in [2.45, 2.75) is 53.2 Å². The average molecular weight is 198 g/mol. The maximum Gasteiger partial charge on any atom is 0.241 e. The predicted molar refractivity (Wildman–Crippen MR) is 57.8 cm³/mol. The highest BCUT2D eigenvalue weighted by Gasteiger charge is 2.36. The normalized spacial score (nSPS) is 28.6. The Balaban J connectivity index is 2.66. The Morgan fingerprint density at radius 3 is 2.36 bits per heavy atom. The Morgan fingerprint density at radius 2 is 2.00 bits per heavy atom. The van der Waals surface area contributed by atoms with Crippen molar-refractivity contribution in [2.75, 3.05) is 6.54 Å². The van der Waals surface area contributed by atoms with Crippen LogP contribution in [0.5, 0.6) is 0 Å². The topological polar surface area (TPSA) is 32.3 Å². The molecule has 0 aromatic carbocycles. The molecule has 2 unspecified atom stereocenters. The van der Waals surface area contributed by atoms with E-state index >= 15 is 0 Å². The van der Waals surface area contributed by atoms with E-state index in [2.05, 4.69) is 33.0 Å². The van der Waals surface area contributed by atoms with Gasteiger partial charge in [-0.25, -0.2) is 0 Å². The molecule has 0 spiro atoms. The number of hydrogen-bond acceptors (Lipinski definition) is 2. The first-order valence-corrected chi connectivity index (χ1v) is 5.41. The number of nitrogens with one attached hydrogen (secondary N) is 1. The lowest BCUT2D eigenvalue weighted by atomic mass is 9.96. The van der Waals surface area contributed by atoms with Crippen molar-refractivity contribution in [2.24, 2.45) is 5.41 Å². The first kappa shape index (κ1) is 11.5. The van der Waals surface area contributed by atoms with Crippen LogP contribution < -0.4 is 5.32 Å². The maximum atomic E-state index is 11.9. The molecule has 1 saturated heterocycles. The SMILES string of the molecule is CCC1NC(C)N(CC(C)(C)C)C1=O. The highest BCUT2D eigenvalue weighted by molar-refractivity contribution is 5.84. The Morgan fingerprint density at radius 1 is 1.43 bits per heavy atom. The second-order valence-electron chi connectivity index (χ2n) is 5.33. The zero-order valence-corrected chi connectivity index (χ0v) is 9.92. The summed E-state index contributed by atoms with van der Waals surface area (Å²) in [4.78, 5) is 13.8. The van der Waals surface area contributed by atoms with Crippen molar-refractivity contribution >= 4 is 5.91 Å². The molecule has 3 nitrogen and oxygen atoms in total. The number of carbonyl (C=O) groups excluding carboxylic acids is 1. The van der Waals surface area contributed by atoms with Gasteiger partial charge in [0.25, 0.3) is 0 Å². The smallest absolute Gasteiger partial charge is 0.241 e. The van der Waals surface area contributed by atoms with Crippen LogP contribution in [0.15, 0.2) is 0 Å². The van der Waals surface area contributed by atoms with Gasteiger partial charge in [-0.05, 0) is 18.8 Å². The molecule has 3 heteroatoms. The Kier molecular flexibility index (Phi) is 3.20. The van der Waals surface area contributed by atoms with Crippen LogP contribution in [0.2, 0.25) is 0 Å². The zero-order valence-electron chi connectivity index (χ0n) is 9.92. The number of carbonyl (C=O) groups is 1. The van der Waals surface area contributed by atoms with Crippen molar-refractivity contribution in [3.05, 3.63) is 0 Å². The summed E-state index contributed by atoms with van der Waals surface area (Å²) >= 11 is 0. The van der Waals surface area contributed by atoms with Crippen molar-refractivity contribution in [1.29, 1.82) is 0 Å². The van der Waals surface area contributed by atoms with Crippen molar-refractivity contribution in [1.82, 2.24) is 10.2 Å². The van der Waals surface area contributed by atoms with Gasteiger partial charge in [0, 0.05) is 6.54 Å². The monoisotopic (exact) mass is 198 g/mol. The molecule has 0 bridgehead atoms. The van der Waals surface area contributed by atoms with Crippen LogP contribution in [-0.4, -0.2) is 29.6 Å². The minimum absolute atomic E-state index is 0.0346. The van der Waals surface area contributed by atoms with Crippen LogP contribution in [0.25, 0.3) is 0 Å². The quantitative estimate of drug-likeness (QED) is 0.731. The fourth-order valence-corrected chi connectivity index (χ4v) is 1.86. The molecule has 1 heterocycles. The summed E-state index contributed by atoms with van der Waals surface area (Å²) in [5.41, 5.74) is 0.175. The van der Waals surface area contributed by atoms with Crippen molar-refractivity contribution in [3.8, 4) is 0 Å². The number of nitrogens with zero attached hydrogens (tertiary/aromatic N) is 1. The third kappa shape index (κ3) is 2.47. The molecule has 0 aliphatic carbocycles. The van der Waals surface area contributed by atoms with E-state index in [1.165, 1.54) is 0 Å². The molecule has 1 fully saturated rings. The van der Waals surface area contributed by atoms with Crippen LogP contribution in [0.3, 0.4) is 0 Å². The van der Waals surface area contributed by atoms with Gasteiger partial charge in [0.1, 0.15) is 0 Å². The van der Waals surface area contributed by atoms with Crippen molar-refractivity contribution in [3.63, 3.8) is 0 Å². The molecule has 0 saturated carbocycles. The molecule has 1 amide bonds. The van der Waals surface area contributed by atoms with E-state index < -0.39 is 0 Å². The summed E-state index contributed by atoms with van der Waals surface area (Å²) in [5, 5.41) is 3.30. The zero-order chi connectivity index (χ0) is 10.9. The molecule has 1 aliphatic heterocycles. The van der Waals surface area contributed by atoms with E-state index in [4.69, 9.17) is 0 Å². The fourth-order valence-electron chi connectivity index (χ4n) is 1.86. The van der Waals surface area contributed by atoms with E-state index in [9.17, 15) is 4.79 Å². The lowest BCUT2D eigenvalue weighted by Crippen LogP contribution is -2.40. The molecule has 0 aromatic heterocycles. The van der Waals surface area contributed by atoms with E-state index in [0.717, 1.165) is 13.0 Å². The Labute approximate surface area is 86.9 Å². The summed E-state index contributed by atoms with van der Waals surface area (Å²) in [5.74, 6) is 0.259. The second kappa shape index (κ2) is 3.89. The summed E-state index contributed by atoms with van der Waals surface area (Å²) < 4.78 is 0. The van der Waals surface area contributed by atoms with Gasteiger partial charge < -0.3 is 4.90 Å². The minimum atomic E-state index is 0.0346. The number of hydrogen-bond donors (Lipinski definition) is 1. The first-order valence-electron chi connectivity index (χ1n) is 5.41. The molecular formula is C11H22N2O. The second-order valence-corrected chi connectivity index (χ2v) is 5.33. The molecule has 1 N–H and O–H groups in total. The van der Waals surface area contributed by atoms with Crippen LogP contribution in [0.1, 0.15) is 41.0 Å². The van der Waals surface area contributed by atoms with E-state index in [-0.39, 0.29) is 23.5 Å². The van der Waals surface area contributed by atoms with Crippen molar-refractivity contribution < 1.29 is 4.79 Å². The van der Waals surface area contributed by atoms with Gasteiger partial charge in [0.05, 0.1) is 12.2 Å². The van der Waals surface area contributed by atoms with Gasteiger partial charge in [-0.1, -0.05) is 27.7 Å². The van der Waals surface area contributed by atoms with E-state index in [1.807, 2.05) is 11.8 Å². The molecule has 1 aliphatic rings. The third-order valence-electron chi connectivity index (χ3n) is 2.54. The lowest BCUT2D eigenvalue weighted by Gasteiger charge is -2.29.